The third kappa shape index (κ3) is 3.09. The molecule has 0 amide bonds. The van der Waals surface area contributed by atoms with Gasteiger partial charge in [0.25, 0.3) is 0 Å². The van der Waals surface area contributed by atoms with Gasteiger partial charge in [-0.1, -0.05) is 17.3 Å². The lowest BCUT2D eigenvalue weighted by Crippen LogP contribution is -2.40. The van der Waals surface area contributed by atoms with Gasteiger partial charge in [0.1, 0.15) is 11.8 Å². The van der Waals surface area contributed by atoms with Crippen LogP contribution in [0.25, 0.3) is 0 Å². The minimum Gasteiger partial charge on any atom is -0.493 e. The Balaban J connectivity index is 1.44. The normalized spacial score (nSPS) is 21.2. The molecule has 1 saturated heterocycles. The van der Waals surface area contributed by atoms with Gasteiger partial charge in [-0.2, -0.15) is 4.98 Å². The zero-order chi connectivity index (χ0) is 15.6. The van der Waals surface area contributed by atoms with Crippen molar-refractivity contribution >= 4 is 0 Å². The fraction of sp³-hybridized carbons (Fsp3) is 0.529. The number of fused-ring (bicyclic) bond motifs is 1. The molecule has 122 valence electrons. The van der Waals surface area contributed by atoms with E-state index >= 15 is 0 Å². The topological polar surface area (TPSA) is 60.6 Å². The molecular formula is C17H21N3O3. The summed E-state index contributed by atoms with van der Waals surface area (Å²) in [5, 5.41) is 3.90. The molecule has 4 rings (SSSR count). The summed E-state index contributed by atoms with van der Waals surface area (Å²) in [5.74, 6) is 2.37. The molecule has 0 aliphatic carbocycles. The highest BCUT2D eigenvalue weighted by molar-refractivity contribution is 5.39. The van der Waals surface area contributed by atoms with Crippen LogP contribution in [0.2, 0.25) is 0 Å². The number of morpholine rings is 1. The Morgan fingerprint density at radius 1 is 1.30 bits per heavy atom. The number of nitrogens with zero attached hydrogens (tertiary/aromatic N) is 3. The van der Waals surface area contributed by atoms with Crippen molar-refractivity contribution in [3.8, 4) is 5.75 Å². The summed E-state index contributed by atoms with van der Waals surface area (Å²) in [7, 11) is 0. The van der Waals surface area contributed by atoms with Crippen LogP contribution in [0.5, 0.6) is 5.75 Å². The zero-order valence-electron chi connectivity index (χ0n) is 13.3. The molecule has 0 bridgehead atoms. The molecule has 23 heavy (non-hydrogen) atoms. The van der Waals surface area contributed by atoms with Crippen molar-refractivity contribution in [1.82, 2.24) is 15.0 Å². The second-order valence-electron chi connectivity index (χ2n) is 6.10. The maximum Gasteiger partial charge on any atom is 0.246 e. The second kappa shape index (κ2) is 6.29. The first-order valence-corrected chi connectivity index (χ1v) is 8.16. The van der Waals surface area contributed by atoms with Gasteiger partial charge in [0.2, 0.25) is 5.89 Å². The highest BCUT2D eigenvalue weighted by Gasteiger charge is 2.29. The van der Waals surface area contributed by atoms with Crippen LogP contribution in [0, 0.1) is 6.92 Å². The van der Waals surface area contributed by atoms with Gasteiger partial charge in [0.05, 0.1) is 19.8 Å². The summed E-state index contributed by atoms with van der Waals surface area (Å²) in [6, 6.07) is 6.59. The van der Waals surface area contributed by atoms with Gasteiger partial charge < -0.3 is 14.0 Å². The van der Waals surface area contributed by atoms with Crippen LogP contribution in [0.1, 0.15) is 28.9 Å². The molecule has 6 heteroatoms. The van der Waals surface area contributed by atoms with Gasteiger partial charge in [-0.05, 0) is 30.5 Å². The molecule has 2 aliphatic heterocycles. The molecular weight excluding hydrogens is 294 g/mol. The summed E-state index contributed by atoms with van der Waals surface area (Å²) in [6.45, 7) is 5.85. The van der Waals surface area contributed by atoms with E-state index in [1.165, 1.54) is 11.1 Å². The van der Waals surface area contributed by atoms with Crippen LogP contribution in [0.3, 0.4) is 0 Å². The maximum atomic E-state index is 5.60. The molecule has 1 aromatic heterocycles. The van der Waals surface area contributed by atoms with E-state index in [4.69, 9.17) is 14.0 Å². The van der Waals surface area contributed by atoms with Gasteiger partial charge in [-0.3, -0.25) is 4.90 Å². The Kier molecular flexibility index (Phi) is 4.01. The lowest BCUT2D eigenvalue weighted by atomic mass is 10.1. The molecule has 0 saturated carbocycles. The van der Waals surface area contributed by atoms with E-state index in [1.54, 1.807) is 0 Å². The lowest BCUT2D eigenvalue weighted by molar-refractivity contribution is -0.0193. The van der Waals surface area contributed by atoms with Crippen LogP contribution >= 0.6 is 0 Å². The molecule has 1 fully saturated rings. The molecule has 1 unspecified atom stereocenters. The number of aromatic nitrogens is 2. The molecule has 6 nitrogen and oxygen atoms in total. The van der Waals surface area contributed by atoms with Crippen molar-refractivity contribution in [2.45, 2.75) is 25.8 Å². The van der Waals surface area contributed by atoms with Crippen molar-refractivity contribution in [2.75, 3.05) is 32.9 Å². The van der Waals surface area contributed by atoms with Crippen LogP contribution in [0.15, 0.2) is 22.7 Å². The van der Waals surface area contributed by atoms with Crippen LogP contribution in [-0.4, -0.2) is 48.0 Å². The van der Waals surface area contributed by atoms with E-state index in [0.29, 0.717) is 18.3 Å². The monoisotopic (exact) mass is 315 g/mol. The van der Waals surface area contributed by atoms with Gasteiger partial charge in [0, 0.05) is 19.5 Å². The lowest BCUT2D eigenvalue weighted by Gasteiger charge is -2.33. The SMILES string of the molecule is Cc1noc(C2COCCN2CCc2ccc3c(c2)CCO3)n1. The predicted molar refractivity (Wildman–Crippen MR) is 83.5 cm³/mol. The van der Waals surface area contributed by atoms with E-state index in [-0.39, 0.29) is 6.04 Å². The quantitative estimate of drug-likeness (QED) is 0.859. The van der Waals surface area contributed by atoms with Crippen molar-refractivity contribution in [3.63, 3.8) is 0 Å². The molecule has 0 radical (unpaired) electrons. The van der Waals surface area contributed by atoms with Gasteiger partial charge >= 0.3 is 0 Å². The summed E-state index contributed by atoms with van der Waals surface area (Å²) in [6.07, 6.45) is 2.02. The number of hydrogen-bond acceptors (Lipinski definition) is 6. The highest BCUT2D eigenvalue weighted by Crippen LogP contribution is 2.27. The predicted octanol–water partition coefficient (Wildman–Crippen LogP) is 1.93. The first kappa shape index (κ1) is 14.7. The minimum atomic E-state index is 0.0581. The van der Waals surface area contributed by atoms with E-state index in [9.17, 15) is 0 Å². The third-order valence-electron chi connectivity index (χ3n) is 4.51. The minimum absolute atomic E-state index is 0.0581. The van der Waals surface area contributed by atoms with Gasteiger partial charge in [-0.15, -0.1) is 0 Å². The molecule has 2 aliphatic rings. The second-order valence-corrected chi connectivity index (χ2v) is 6.10. The summed E-state index contributed by atoms with van der Waals surface area (Å²) in [5.41, 5.74) is 2.68. The van der Waals surface area contributed by atoms with Crippen molar-refractivity contribution < 1.29 is 14.0 Å². The largest absolute Gasteiger partial charge is 0.493 e. The van der Waals surface area contributed by atoms with E-state index in [0.717, 1.165) is 44.9 Å². The number of aryl methyl sites for hydroxylation is 1. The first-order valence-electron chi connectivity index (χ1n) is 8.16. The van der Waals surface area contributed by atoms with E-state index in [2.05, 4.69) is 33.2 Å². The number of ether oxygens (including phenoxy) is 2. The first-order chi connectivity index (χ1) is 11.3. The fourth-order valence-electron chi connectivity index (χ4n) is 3.25. The molecule has 1 aromatic carbocycles. The summed E-state index contributed by atoms with van der Waals surface area (Å²) < 4.78 is 16.5. The van der Waals surface area contributed by atoms with Crippen LogP contribution in [-0.2, 0) is 17.6 Å². The number of hydrogen-bond donors (Lipinski definition) is 0. The maximum absolute atomic E-state index is 5.60. The Morgan fingerprint density at radius 2 is 2.26 bits per heavy atom. The molecule has 3 heterocycles. The van der Waals surface area contributed by atoms with Crippen molar-refractivity contribution in [2.24, 2.45) is 0 Å². The van der Waals surface area contributed by atoms with Gasteiger partial charge in [-0.25, -0.2) is 0 Å². The Bertz CT molecular complexity index is 685. The van der Waals surface area contributed by atoms with Gasteiger partial charge in [0.15, 0.2) is 5.82 Å². The zero-order valence-corrected chi connectivity index (χ0v) is 13.3. The molecule has 2 aromatic rings. The number of rotatable bonds is 4. The Hall–Kier alpha value is -1.92. The fourth-order valence-corrected chi connectivity index (χ4v) is 3.25. The average molecular weight is 315 g/mol. The molecule has 0 N–H and O–H groups in total. The van der Waals surface area contributed by atoms with Crippen LogP contribution in [0.4, 0.5) is 0 Å². The molecule has 1 atom stereocenters. The molecule has 0 spiro atoms. The van der Waals surface area contributed by atoms with Crippen molar-refractivity contribution in [3.05, 3.63) is 41.0 Å². The third-order valence-corrected chi connectivity index (χ3v) is 4.51. The van der Waals surface area contributed by atoms with E-state index in [1.807, 2.05) is 6.92 Å². The van der Waals surface area contributed by atoms with E-state index < -0.39 is 0 Å². The smallest absolute Gasteiger partial charge is 0.246 e. The number of benzene rings is 1. The average Bonchev–Trinajstić information content (AvgIpc) is 3.21. The highest BCUT2D eigenvalue weighted by atomic mass is 16.5. The summed E-state index contributed by atoms with van der Waals surface area (Å²) in [4.78, 5) is 6.75. The Morgan fingerprint density at radius 3 is 3.13 bits per heavy atom. The Labute approximate surface area is 135 Å². The summed E-state index contributed by atoms with van der Waals surface area (Å²) >= 11 is 0. The van der Waals surface area contributed by atoms with Crippen molar-refractivity contribution in [1.29, 1.82) is 0 Å². The van der Waals surface area contributed by atoms with Crippen LogP contribution < -0.4 is 4.74 Å². The standard InChI is InChI=1S/C17H21N3O3/c1-12-18-17(23-19-12)15-11-21-9-7-20(15)6-4-13-2-3-16-14(10-13)5-8-22-16/h2-3,10,15H,4-9,11H2,1H3.